The molecule has 1 saturated heterocycles. The topological polar surface area (TPSA) is 85.8 Å². The lowest BCUT2D eigenvalue weighted by atomic mass is 9.93. The molecule has 1 fully saturated rings. The van der Waals surface area contributed by atoms with Crippen LogP contribution in [0.2, 0.25) is 10.0 Å². The molecule has 206 valence electrons. The highest BCUT2D eigenvalue weighted by atomic mass is 35.5. The van der Waals surface area contributed by atoms with Crippen molar-refractivity contribution < 1.29 is 9.59 Å². The van der Waals surface area contributed by atoms with E-state index in [1.165, 1.54) is 0 Å². The van der Waals surface area contributed by atoms with E-state index in [2.05, 4.69) is 26.9 Å². The van der Waals surface area contributed by atoms with Gasteiger partial charge in [0, 0.05) is 23.7 Å². The number of nitrogens with zero attached hydrogens (tertiary/aromatic N) is 2. The van der Waals surface area contributed by atoms with E-state index in [1.54, 1.807) is 30.0 Å². The molecule has 2 heterocycles. The summed E-state index contributed by atoms with van der Waals surface area (Å²) in [6.07, 6.45) is 0.997. The number of fused-ring (bicyclic) bond motifs is 1. The maximum Gasteiger partial charge on any atom is 0.323 e. The molecule has 5 rings (SSSR count). The zero-order chi connectivity index (χ0) is 28.4. The minimum absolute atomic E-state index is 0.173. The highest BCUT2D eigenvalue weighted by molar-refractivity contribution is 8.13. The lowest BCUT2D eigenvalue weighted by Gasteiger charge is -2.41. The van der Waals surface area contributed by atoms with Crippen molar-refractivity contribution >= 4 is 69.1 Å². The van der Waals surface area contributed by atoms with Crippen LogP contribution in [0.1, 0.15) is 36.1 Å². The first kappa shape index (κ1) is 28.1. The summed E-state index contributed by atoms with van der Waals surface area (Å²) in [5.74, 6) is 0.821. The van der Waals surface area contributed by atoms with Gasteiger partial charge in [-0.1, -0.05) is 70.9 Å². The molecule has 2 aliphatic rings. The minimum atomic E-state index is -0.444. The molecule has 0 aliphatic carbocycles. The van der Waals surface area contributed by atoms with Crippen molar-refractivity contribution in [3.05, 3.63) is 98.7 Å². The highest BCUT2D eigenvalue weighted by Crippen LogP contribution is 2.40. The van der Waals surface area contributed by atoms with E-state index < -0.39 is 6.03 Å². The lowest BCUT2D eigenvalue weighted by molar-refractivity contribution is -0.113. The molecule has 3 amide bonds. The number of hydrogen-bond donors (Lipinski definition) is 3. The van der Waals surface area contributed by atoms with Crippen LogP contribution < -0.4 is 16.0 Å². The Hall–Kier alpha value is -3.46. The van der Waals surface area contributed by atoms with Crippen LogP contribution in [0.5, 0.6) is 0 Å². The Morgan fingerprint density at radius 2 is 1.73 bits per heavy atom. The number of urea groups is 1. The summed E-state index contributed by atoms with van der Waals surface area (Å²) in [7, 11) is 0. The Kier molecular flexibility index (Phi) is 8.40. The second kappa shape index (κ2) is 12.0. The number of amides is 3. The van der Waals surface area contributed by atoms with E-state index in [9.17, 15) is 9.59 Å². The number of hydrogen-bond acceptors (Lipinski definition) is 5. The van der Waals surface area contributed by atoms with Gasteiger partial charge in [0.1, 0.15) is 0 Å². The third-order valence-corrected chi connectivity index (χ3v) is 8.71. The van der Waals surface area contributed by atoms with E-state index in [4.69, 9.17) is 28.2 Å². The monoisotopic (exact) mass is 593 g/mol. The van der Waals surface area contributed by atoms with Gasteiger partial charge in [0.05, 0.1) is 33.0 Å². The van der Waals surface area contributed by atoms with E-state index in [1.807, 2.05) is 57.2 Å². The fourth-order valence-electron chi connectivity index (χ4n) is 4.88. The van der Waals surface area contributed by atoms with Crippen molar-refractivity contribution in [1.82, 2.24) is 4.90 Å². The van der Waals surface area contributed by atoms with Gasteiger partial charge in [-0.05, 0) is 68.7 Å². The fraction of sp³-hybridized carbons (Fsp3) is 0.233. The maximum absolute atomic E-state index is 13.8. The van der Waals surface area contributed by atoms with Gasteiger partial charge < -0.3 is 20.9 Å². The van der Waals surface area contributed by atoms with Crippen LogP contribution in [-0.4, -0.2) is 34.3 Å². The smallest absolute Gasteiger partial charge is 0.323 e. The van der Waals surface area contributed by atoms with E-state index in [-0.39, 0.29) is 17.0 Å². The lowest BCUT2D eigenvalue weighted by Crippen LogP contribution is -2.43. The predicted molar refractivity (Wildman–Crippen MR) is 167 cm³/mol. The number of anilines is 3. The first-order valence-corrected chi connectivity index (χ1v) is 14.6. The number of thioether (sulfide) groups is 1. The number of benzene rings is 3. The highest BCUT2D eigenvalue weighted by Gasteiger charge is 2.37. The third kappa shape index (κ3) is 5.99. The van der Waals surface area contributed by atoms with Crippen molar-refractivity contribution in [3.8, 4) is 0 Å². The molecule has 10 heteroatoms. The Morgan fingerprint density at radius 1 is 0.950 bits per heavy atom. The molecule has 0 aromatic heterocycles. The molecule has 7 nitrogen and oxygen atoms in total. The first-order chi connectivity index (χ1) is 19.2. The number of carbonyl (C=O) groups is 2. The van der Waals surface area contributed by atoms with Gasteiger partial charge >= 0.3 is 6.03 Å². The van der Waals surface area contributed by atoms with Crippen LogP contribution >= 0.6 is 35.0 Å². The molecule has 0 bridgehead atoms. The van der Waals surface area contributed by atoms with Gasteiger partial charge in [-0.2, -0.15) is 0 Å². The molecule has 0 radical (unpaired) electrons. The average Bonchev–Trinajstić information content (AvgIpc) is 2.92. The number of allylic oxidation sites excluding steroid dienone is 1. The Bertz CT molecular complexity index is 1540. The second-order valence-corrected chi connectivity index (χ2v) is 11.6. The SMILES string of the molecule is CC1=C(C(=O)Nc2ccc(C)cc2C)C(c2ccc(NC(=O)Nc3cccc(Cl)c3Cl)cc2)N2CCCSC2=N1. The quantitative estimate of drug-likeness (QED) is 0.279. The largest absolute Gasteiger partial charge is 0.340 e. The molecular formula is C30H29Cl2N5O2S. The molecule has 1 unspecified atom stereocenters. The number of nitrogens with one attached hydrogen (secondary N) is 3. The number of aliphatic imine (C=N–C) groups is 1. The normalized spacial score (nSPS) is 16.7. The van der Waals surface area contributed by atoms with Crippen LogP contribution in [0.4, 0.5) is 21.9 Å². The van der Waals surface area contributed by atoms with Crippen LogP contribution in [-0.2, 0) is 4.79 Å². The van der Waals surface area contributed by atoms with Crippen LogP contribution in [0, 0.1) is 13.8 Å². The van der Waals surface area contributed by atoms with Gasteiger partial charge in [0.2, 0.25) is 0 Å². The fourth-order valence-corrected chi connectivity index (χ4v) is 6.25. The van der Waals surface area contributed by atoms with Crippen LogP contribution in [0.15, 0.2) is 76.9 Å². The summed E-state index contributed by atoms with van der Waals surface area (Å²) < 4.78 is 0. The summed E-state index contributed by atoms with van der Waals surface area (Å²) in [5, 5.41) is 10.2. The molecule has 1 atom stereocenters. The molecule has 40 heavy (non-hydrogen) atoms. The predicted octanol–water partition coefficient (Wildman–Crippen LogP) is 8.02. The number of halogens is 2. The second-order valence-electron chi connectivity index (χ2n) is 9.77. The number of rotatable bonds is 5. The van der Waals surface area contributed by atoms with Gasteiger partial charge in [-0.15, -0.1) is 0 Å². The minimum Gasteiger partial charge on any atom is -0.340 e. The van der Waals surface area contributed by atoms with Gasteiger partial charge in [0.25, 0.3) is 5.91 Å². The molecule has 3 N–H and O–H groups in total. The van der Waals surface area contributed by atoms with Crippen molar-refractivity contribution in [2.24, 2.45) is 4.99 Å². The number of amidine groups is 1. The van der Waals surface area contributed by atoms with Crippen LogP contribution in [0.3, 0.4) is 0 Å². The zero-order valence-corrected chi connectivity index (χ0v) is 24.7. The number of aryl methyl sites for hydroxylation is 2. The van der Waals surface area contributed by atoms with Gasteiger partial charge in [-0.3, -0.25) is 4.79 Å². The van der Waals surface area contributed by atoms with Crippen molar-refractivity contribution in [1.29, 1.82) is 0 Å². The Morgan fingerprint density at radius 3 is 2.48 bits per heavy atom. The third-order valence-electron chi connectivity index (χ3n) is 6.82. The summed E-state index contributed by atoms with van der Waals surface area (Å²) in [6.45, 7) is 6.71. The van der Waals surface area contributed by atoms with Gasteiger partial charge in [-0.25, -0.2) is 9.79 Å². The molecule has 3 aromatic rings. The summed E-state index contributed by atoms with van der Waals surface area (Å²) in [5.41, 5.74) is 6.18. The summed E-state index contributed by atoms with van der Waals surface area (Å²) in [6, 6.07) is 17.8. The molecular weight excluding hydrogens is 565 g/mol. The average molecular weight is 595 g/mol. The van der Waals surface area contributed by atoms with E-state index >= 15 is 0 Å². The molecule has 0 saturated carbocycles. The molecule has 2 aliphatic heterocycles. The van der Waals surface area contributed by atoms with Gasteiger partial charge in [0.15, 0.2) is 5.17 Å². The van der Waals surface area contributed by atoms with Crippen molar-refractivity contribution in [3.63, 3.8) is 0 Å². The Balaban J connectivity index is 1.39. The van der Waals surface area contributed by atoms with Crippen molar-refractivity contribution in [2.75, 3.05) is 28.2 Å². The number of carbonyl (C=O) groups excluding carboxylic acids is 2. The first-order valence-electron chi connectivity index (χ1n) is 12.9. The maximum atomic E-state index is 13.8. The summed E-state index contributed by atoms with van der Waals surface area (Å²) in [4.78, 5) is 33.4. The zero-order valence-electron chi connectivity index (χ0n) is 22.3. The van der Waals surface area contributed by atoms with Crippen molar-refractivity contribution in [2.45, 2.75) is 33.2 Å². The summed E-state index contributed by atoms with van der Waals surface area (Å²) >= 11 is 14.0. The van der Waals surface area contributed by atoms with Crippen LogP contribution in [0.25, 0.3) is 0 Å². The standard InChI is InChI=1S/C30H29Cl2N5O2S/c1-17-8-13-23(18(2)16-17)35-28(38)25-19(3)33-30-37(14-5-15-40-30)27(25)20-9-11-21(12-10-20)34-29(39)36-24-7-4-6-22(31)26(24)32/h4,6-13,16,27H,5,14-15H2,1-3H3,(H,35,38)(H2,34,36,39). The Labute approximate surface area is 248 Å². The molecule has 0 spiro atoms. The van der Waals surface area contributed by atoms with E-state index in [0.717, 1.165) is 46.3 Å². The molecule has 3 aromatic carbocycles. The van der Waals surface area contributed by atoms with E-state index in [0.29, 0.717) is 27.7 Å².